The van der Waals surface area contributed by atoms with Gasteiger partial charge in [0.2, 0.25) is 11.8 Å². The Hall–Kier alpha value is -3.35. The van der Waals surface area contributed by atoms with E-state index in [-0.39, 0.29) is 5.02 Å². The first-order chi connectivity index (χ1) is 15.4. The summed E-state index contributed by atoms with van der Waals surface area (Å²) in [4.78, 5) is 23.9. The Bertz CT molecular complexity index is 1130. The second kappa shape index (κ2) is 11.3. The number of carbonyl (C=O) groups excluding carboxylic acids is 2. The number of anilines is 1. The highest BCUT2D eigenvalue weighted by Crippen LogP contribution is 2.29. The third-order valence-electron chi connectivity index (χ3n) is 4.32. The molecule has 0 aliphatic heterocycles. The van der Waals surface area contributed by atoms with Crippen LogP contribution in [-0.2, 0) is 16.2 Å². The quantitative estimate of drug-likeness (QED) is 0.264. The van der Waals surface area contributed by atoms with Crippen LogP contribution in [0.2, 0.25) is 10.0 Å². The first-order valence-electron chi connectivity index (χ1n) is 9.75. The second-order valence-corrected chi connectivity index (χ2v) is 7.75. The van der Waals surface area contributed by atoms with E-state index >= 15 is 0 Å². The normalized spacial score (nSPS) is 10.7. The van der Waals surface area contributed by atoms with Gasteiger partial charge in [-0.1, -0.05) is 59.1 Å². The number of carbonyl (C=O) groups is 2. The number of hydrazone groups is 1. The highest BCUT2D eigenvalue weighted by molar-refractivity contribution is 6.44. The molecule has 0 heterocycles. The molecule has 3 aromatic rings. The van der Waals surface area contributed by atoms with Crippen molar-refractivity contribution in [3.8, 4) is 5.75 Å². The molecular formula is C24H21Cl2N3O3. The van der Waals surface area contributed by atoms with Gasteiger partial charge in [-0.3, -0.25) is 9.59 Å². The smallest absolute Gasteiger partial charge is 0.249 e. The van der Waals surface area contributed by atoms with Crippen LogP contribution < -0.4 is 15.5 Å². The van der Waals surface area contributed by atoms with Crippen molar-refractivity contribution in [2.45, 2.75) is 20.0 Å². The lowest BCUT2D eigenvalue weighted by Crippen LogP contribution is -2.24. The summed E-state index contributed by atoms with van der Waals surface area (Å²) in [6.07, 6.45) is 1.07. The highest BCUT2D eigenvalue weighted by atomic mass is 35.5. The van der Waals surface area contributed by atoms with Crippen LogP contribution in [0.15, 0.2) is 71.8 Å². The number of ether oxygens (including phenoxy) is 1. The van der Waals surface area contributed by atoms with Crippen molar-refractivity contribution < 1.29 is 14.3 Å². The Balaban J connectivity index is 1.44. The average Bonchev–Trinajstić information content (AvgIpc) is 2.76. The number of hydrogen-bond acceptors (Lipinski definition) is 4. The number of aryl methyl sites for hydroxylation is 1. The predicted molar refractivity (Wildman–Crippen MR) is 127 cm³/mol. The fourth-order valence-electron chi connectivity index (χ4n) is 2.78. The maximum Gasteiger partial charge on any atom is 0.249 e. The molecule has 164 valence electrons. The summed E-state index contributed by atoms with van der Waals surface area (Å²) < 4.78 is 5.78. The molecule has 0 aromatic heterocycles. The molecule has 0 aliphatic carbocycles. The minimum atomic E-state index is -0.560. The molecule has 0 saturated heterocycles. The predicted octanol–water partition coefficient (Wildman–Crippen LogP) is 5.36. The first-order valence-corrected chi connectivity index (χ1v) is 10.5. The van der Waals surface area contributed by atoms with E-state index in [0.29, 0.717) is 17.3 Å². The maximum absolute atomic E-state index is 12.0. The van der Waals surface area contributed by atoms with Gasteiger partial charge in [0.25, 0.3) is 0 Å². The zero-order valence-corrected chi connectivity index (χ0v) is 18.8. The van der Waals surface area contributed by atoms with Gasteiger partial charge in [0.15, 0.2) is 0 Å². The summed E-state index contributed by atoms with van der Waals surface area (Å²) in [5, 5.41) is 6.94. The molecule has 3 rings (SSSR count). The summed E-state index contributed by atoms with van der Waals surface area (Å²) >= 11 is 11.9. The minimum Gasteiger partial charge on any atom is -0.489 e. The van der Waals surface area contributed by atoms with E-state index in [1.54, 1.807) is 18.2 Å². The van der Waals surface area contributed by atoms with Crippen LogP contribution in [0.4, 0.5) is 5.69 Å². The lowest BCUT2D eigenvalue weighted by molar-refractivity contribution is -0.126. The van der Waals surface area contributed by atoms with Crippen molar-refractivity contribution in [1.29, 1.82) is 0 Å². The number of halogens is 2. The molecule has 0 saturated carbocycles. The molecule has 32 heavy (non-hydrogen) atoms. The van der Waals surface area contributed by atoms with Crippen LogP contribution >= 0.6 is 23.2 Å². The number of benzene rings is 3. The van der Waals surface area contributed by atoms with Crippen LogP contribution in [-0.4, -0.2) is 18.0 Å². The van der Waals surface area contributed by atoms with Gasteiger partial charge in [-0.15, -0.1) is 0 Å². The number of nitrogens with zero attached hydrogens (tertiary/aromatic N) is 1. The van der Waals surface area contributed by atoms with Crippen molar-refractivity contribution in [2.75, 3.05) is 5.32 Å². The van der Waals surface area contributed by atoms with Crippen molar-refractivity contribution in [3.63, 3.8) is 0 Å². The van der Waals surface area contributed by atoms with Crippen LogP contribution in [0.5, 0.6) is 5.75 Å². The van der Waals surface area contributed by atoms with Crippen LogP contribution in [0.25, 0.3) is 0 Å². The Kier molecular flexibility index (Phi) is 8.25. The van der Waals surface area contributed by atoms with Crippen LogP contribution in [0, 0.1) is 6.92 Å². The summed E-state index contributed by atoms with van der Waals surface area (Å²) in [6, 6.07) is 20.2. The second-order valence-electron chi connectivity index (χ2n) is 6.97. The third-order valence-corrected chi connectivity index (χ3v) is 5.14. The van der Waals surface area contributed by atoms with Gasteiger partial charge >= 0.3 is 0 Å². The monoisotopic (exact) mass is 469 g/mol. The fourth-order valence-corrected chi connectivity index (χ4v) is 3.13. The lowest BCUT2D eigenvalue weighted by atomic mass is 10.1. The van der Waals surface area contributed by atoms with Gasteiger partial charge in [-0.25, -0.2) is 5.43 Å². The maximum atomic E-state index is 12.0. The Morgan fingerprint density at radius 3 is 2.50 bits per heavy atom. The summed E-state index contributed by atoms with van der Waals surface area (Å²) in [5.41, 5.74) is 5.71. The molecule has 0 unspecified atom stereocenters. The third kappa shape index (κ3) is 7.11. The van der Waals surface area contributed by atoms with Gasteiger partial charge in [-0.05, 0) is 54.4 Å². The van der Waals surface area contributed by atoms with E-state index < -0.39 is 18.2 Å². The molecule has 2 N–H and O–H groups in total. The molecule has 3 aromatic carbocycles. The van der Waals surface area contributed by atoms with Gasteiger partial charge in [0, 0.05) is 0 Å². The zero-order chi connectivity index (χ0) is 22.9. The van der Waals surface area contributed by atoms with Gasteiger partial charge < -0.3 is 10.1 Å². The van der Waals surface area contributed by atoms with E-state index in [0.717, 1.165) is 16.9 Å². The zero-order valence-electron chi connectivity index (χ0n) is 17.3. The Morgan fingerprint density at radius 2 is 1.75 bits per heavy atom. The van der Waals surface area contributed by atoms with E-state index in [2.05, 4.69) is 21.9 Å². The fraction of sp³-hybridized carbons (Fsp3) is 0.125. The molecule has 8 heteroatoms. The first kappa shape index (κ1) is 23.3. The SMILES string of the molecule is Cc1cccc(COc2ccc(C=NNC(=O)CC(=O)Nc3cccc(Cl)c3Cl)cc2)c1. The standard InChI is InChI=1S/C24H21Cl2N3O3/c1-16-4-2-5-18(12-16)15-32-19-10-8-17(9-11-19)14-27-29-23(31)13-22(30)28-21-7-3-6-20(25)24(21)26/h2-12,14H,13,15H2,1H3,(H,28,30)(H,29,31). The summed E-state index contributed by atoms with van der Waals surface area (Å²) in [6.45, 7) is 2.52. The molecule has 2 amide bonds. The Morgan fingerprint density at radius 1 is 1.00 bits per heavy atom. The largest absolute Gasteiger partial charge is 0.489 e. The Labute approximate surface area is 196 Å². The van der Waals surface area contributed by atoms with Crippen molar-refractivity contribution in [2.24, 2.45) is 5.10 Å². The van der Waals surface area contributed by atoms with Crippen molar-refractivity contribution in [1.82, 2.24) is 5.43 Å². The van der Waals surface area contributed by atoms with Gasteiger partial charge in [-0.2, -0.15) is 5.10 Å². The number of amides is 2. The molecule has 0 radical (unpaired) electrons. The molecule has 0 spiro atoms. The lowest BCUT2D eigenvalue weighted by Gasteiger charge is -2.07. The number of nitrogens with one attached hydrogen (secondary N) is 2. The van der Waals surface area contributed by atoms with Crippen molar-refractivity contribution >= 4 is 46.9 Å². The van der Waals surface area contributed by atoms with Crippen LogP contribution in [0.1, 0.15) is 23.1 Å². The average molecular weight is 470 g/mol. The van der Waals surface area contributed by atoms with E-state index in [1.807, 2.05) is 49.4 Å². The van der Waals surface area contributed by atoms with Gasteiger partial charge in [0.1, 0.15) is 18.8 Å². The van der Waals surface area contributed by atoms with E-state index in [4.69, 9.17) is 27.9 Å². The van der Waals surface area contributed by atoms with Crippen molar-refractivity contribution in [3.05, 3.63) is 93.5 Å². The molecular weight excluding hydrogens is 449 g/mol. The molecule has 0 atom stereocenters. The highest BCUT2D eigenvalue weighted by Gasteiger charge is 2.12. The summed E-state index contributed by atoms with van der Waals surface area (Å²) in [7, 11) is 0. The topological polar surface area (TPSA) is 79.8 Å². The number of hydrogen-bond donors (Lipinski definition) is 2. The molecule has 0 fully saturated rings. The van der Waals surface area contributed by atoms with Crippen LogP contribution in [0.3, 0.4) is 0 Å². The van der Waals surface area contributed by atoms with Gasteiger partial charge in [0.05, 0.1) is 21.9 Å². The minimum absolute atomic E-state index is 0.215. The van der Waals surface area contributed by atoms with E-state index in [9.17, 15) is 9.59 Å². The molecule has 0 bridgehead atoms. The molecule has 6 nitrogen and oxygen atoms in total. The number of rotatable bonds is 8. The van der Waals surface area contributed by atoms with E-state index in [1.165, 1.54) is 11.8 Å². The summed E-state index contributed by atoms with van der Waals surface area (Å²) in [5.74, 6) is -0.365. The molecule has 0 aliphatic rings.